The summed E-state index contributed by atoms with van der Waals surface area (Å²) in [5.74, 6) is 0. The predicted octanol–water partition coefficient (Wildman–Crippen LogP) is 3.77. The molecule has 1 N–H and O–H groups in total. The molecule has 0 bridgehead atoms. The van der Waals surface area contributed by atoms with Gasteiger partial charge in [-0.05, 0) is 22.6 Å². The zero-order valence-electron chi connectivity index (χ0n) is 11.8. The zero-order valence-corrected chi connectivity index (χ0v) is 12.5. The highest BCUT2D eigenvalue weighted by Crippen LogP contribution is 2.34. The van der Waals surface area contributed by atoms with Crippen LogP contribution in [0.5, 0.6) is 0 Å². The van der Waals surface area contributed by atoms with Crippen LogP contribution in [0.1, 0.15) is 5.56 Å². The molecular formula is C18H14ClNO2. The van der Waals surface area contributed by atoms with Gasteiger partial charge in [-0.2, -0.15) is 0 Å². The highest BCUT2D eigenvalue weighted by atomic mass is 35.5. The first-order valence-corrected chi connectivity index (χ1v) is 7.48. The third-order valence-electron chi connectivity index (χ3n) is 4.17. The molecule has 4 heteroatoms. The molecule has 0 aliphatic carbocycles. The first kappa shape index (κ1) is 13.7. The van der Waals surface area contributed by atoms with E-state index in [1.807, 2.05) is 48.7 Å². The summed E-state index contributed by atoms with van der Waals surface area (Å²) >= 11 is 6.24. The Morgan fingerprint density at radius 1 is 1.00 bits per heavy atom. The van der Waals surface area contributed by atoms with E-state index in [2.05, 4.69) is 4.98 Å². The first-order valence-electron chi connectivity index (χ1n) is 7.11. The number of aromatic nitrogens is 1. The van der Waals surface area contributed by atoms with Crippen molar-refractivity contribution >= 4 is 22.4 Å². The molecule has 0 atom stereocenters. The number of nitrogens with zero attached hydrogens (tertiary/aromatic N) is 1. The van der Waals surface area contributed by atoms with Crippen molar-refractivity contribution in [1.29, 1.82) is 0 Å². The second kappa shape index (κ2) is 5.06. The highest BCUT2D eigenvalue weighted by Gasteiger charge is 2.37. The number of halogens is 1. The number of hydrogen-bond donors (Lipinski definition) is 1. The summed E-state index contributed by atoms with van der Waals surface area (Å²) in [7, 11) is 0. The summed E-state index contributed by atoms with van der Waals surface area (Å²) in [6.45, 7) is 0.718. The first-order chi connectivity index (χ1) is 10.7. The molecule has 1 aliphatic rings. The molecule has 1 aromatic heterocycles. The van der Waals surface area contributed by atoms with Crippen LogP contribution >= 0.6 is 11.6 Å². The van der Waals surface area contributed by atoms with E-state index in [9.17, 15) is 5.11 Å². The number of rotatable bonds is 2. The van der Waals surface area contributed by atoms with Crippen molar-refractivity contribution in [2.75, 3.05) is 13.2 Å². The third-order valence-corrected chi connectivity index (χ3v) is 4.49. The van der Waals surface area contributed by atoms with Gasteiger partial charge in [-0.1, -0.05) is 48.0 Å². The van der Waals surface area contributed by atoms with E-state index < -0.39 is 5.60 Å². The van der Waals surface area contributed by atoms with Crippen LogP contribution in [-0.2, 0) is 10.3 Å². The smallest absolute Gasteiger partial charge is 0.136 e. The summed E-state index contributed by atoms with van der Waals surface area (Å²) in [6, 6.07) is 13.7. The van der Waals surface area contributed by atoms with Crippen LogP contribution in [0.25, 0.3) is 21.9 Å². The van der Waals surface area contributed by atoms with Crippen LogP contribution < -0.4 is 0 Å². The highest BCUT2D eigenvalue weighted by molar-refractivity contribution is 6.35. The minimum absolute atomic E-state index is 0.359. The lowest BCUT2D eigenvalue weighted by atomic mass is 9.90. The van der Waals surface area contributed by atoms with Crippen LogP contribution in [0.4, 0.5) is 0 Å². The van der Waals surface area contributed by atoms with E-state index in [0.717, 1.165) is 27.5 Å². The van der Waals surface area contributed by atoms with E-state index in [4.69, 9.17) is 16.3 Å². The molecular weight excluding hydrogens is 298 g/mol. The summed E-state index contributed by atoms with van der Waals surface area (Å²) in [6.07, 6.45) is 3.62. The van der Waals surface area contributed by atoms with Gasteiger partial charge < -0.3 is 9.84 Å². The summed E-state index contributed by atoms with van der Waals surface area (Å²) in [5.41, 5.74) is 2.13. The molecule has 0 saturated carbocycles. The average Bonchev–Trinajstić information content (AvgIpc) is 2.53. The fraction of sp³-hybridized carbons (Fsp3) is 0.167. The molecule has 1 aliphatic heterocycles. The molecule has 3 nitrogen and oxygen atoms in total. The minimum atomic E-state index is -0.834. The van der Waals surface area contributed by atoms with E-state index in [0.29, 0.717) is 18.2 Å². The summed E-state index contributed by atoms with van der Waals surface area (Å²) in [5, 5.41) is 13.0. The van der Waals surface area contributed by atoms with Gasteiger partial charge in [0.1, 0.15) is 5.60 Å². The zero-order chi connectivity index (χ0) is 15.2. The quantitative estimate of drug-likeness (QED) is 0.783. The molecule has 3 aromatic rings. The molecule has 0 spiro atoms. The molecule has 1 fully saturated rings. The van der Waals surface area contributed by atoms with Gasteiger partial charge in [0.05, 0.1) is 13.2 Å². The van der Waals surface area contributed by atoms with E-state index in [1.54, 1.807) is 6.20 Å². The standard InChI is InChI=1S/C18H14ClNO2/c19-17-3-1-2-14-15(8-20-9-16(14)17)12-4-6-13(7-5-12)18(21)10-22-11-18/h1-9,21H,10-11H2. The molecule has 22 heavy (non-hydrogen) atoms. The fourth-order valence-corrected chi connectivity index (χ4v) is 3.03. The molecule has 2 heterocycles. The topological polar surface area (TPSA) is 42.4 Å². The molecule has 1 saturated heterocycles. The normalized spacial score (nSPS) is 16.5. The number of hydrogen-bond acceptors (Lipinski definition) is 3. The van der Waals surface area contributed by atoms with Gasteiger partial charge in [0.15, 0.2) is 0 Å². The maximum atomic E-state index is 10.3. The van der Waals surface area contributed by atoms with Gasteiger partial charge >= 0.3 is 0 Å². The second-order valence-electron chi connectivity index (χ2n) is 5.62. The van der Waals surface area contributed by atoms with Gasteiger partial charge in [0, 0.05) is 28.4 Å². The lowest BCUT2D eigenvalue weighted by Crippen LogP contribution is -2.46. The van der Waals surface area contributed by atoms with Gasteiger partial charge in [0.25, 0.3) is 0 Å². The predicted molar refractivity (Wildman–Crippen MR) is 86.9 cm³/mol. The van der Waals surface area contributed by atoms with E-state index in [-0.39, 0.29) is 0 Å². The summed E-state index contributed by atoms with van der Waals surface area (Å²) < 4.78 is 5.10. The number of benzene rings is 2. The minimum Gasteiger partial charge on any atom is -0.380 e. The van der Waals surface area contributed by atoms with Crippen LogP contribution in [0.15, 0.2) is 54.9 Å². The van der Waals surface area contributed by atoms with Crippen molar-refractivity contribution in [2.45, 2.75) is 5.60 Å². The van der Waals surface area contributed by atoms with Crippen LogP contribution in [-0.4, -0.2) is 23.3 Å². The third kappa shape index (κ3) is 2.10. The Kier molecular flexibility index (Phi) is 3.15. The van der Waals surface area contributed by atoms with Crippen molar-refractivity contribution in [2.24, 2.45) is 0 Å². The van der Waals surface area contributed by atoms with Crippen LogP contribution in [0, 0.1) is 0 Å². The van der Waals surface area contributed by atoms with Gasteiger partial charge in [0.2, 0.25) is 0 Å². The summed E-state index contributed by atoms with van der Waals surface area (Å²) in [4.78, 5) is 4.29. The average molecular weight is 312 g/mol. The number of ether oxygens (including phenoxy) is 1. The molecule has 0 radical (unpaired) electrons. The van der Waals surface area contributed by atoms with Crippen molar-refractivity contribution in [3.63, 3.8) is 0 Å². The van der Waals surface area contributed by atoms with Gasteiger partial charge in [-0.25, -0.2) is 0 Å². The number of aliphatic hydroxyl groups is 1. The van der Waals surface area contributed by atoms with Gasteiger partial charge in [-0.15, -0.1) is 0 Å². The molecule has 4 rings (SSSR count). The number of pyridine rings is 1. The Morgan fingerprint density at radius 2 is 1.77 bits per heavy atom. The van der Waals surface area contributed by atoms with Crippen LogP contribution in [0.2, 0.25) is 5.02 Å². The largest absolute Gasteiger partial charge is 0.380 e. The van der Waals surface area contributed by atoms with Crippen LogP contribution in [0.3, 0.4) is 0 Å². The maximum Gasteiger partial charge on any atom is 0.136 e. The Labute approximate surface area is 133 Å². The molecule has 0 unspecified atom stereocenters. The Bertz CT molecular complexity index is 841. The van der Waals surface area contributed by atoms with Crippen molar-refractivity contribution < 1.29 is 9.84 Å². The SMILES string of the molecule is OC1(c2ccc(-c3cncc4c(Cl)cccc34)cc2)COC1. The Morgan fingerprint density at radius 3 is 2.45 bits per heavy atom. The molecule has 0 amide bonds. The Hall–Kier alpha value is -1.94. The number of fused-ring (bicyclic) bond motifs is 1. The van der Waals surface area contributed by atoms with Gasteiger partial charge in [-0.3, -0.25) is 4.98 Å². The van der Waals surface area contributed by atoms with Crippen molar-refractivity contribution in [1.82, 2.24) is 4.98 Å². The molecule has 2 aromatic carbocycles. The van der Waals surface area contributed by atoms with E-state index >= 15 is 0 Å². The lowest BCUT2D eigenvalue weighted by Gasteiger charge is -2.36. The second-order valence-corrected chi connectivity index (χ2v) is 6.03. The van der Waals surface area contributed by atoms with Crippen molar-refractivity contribution in [3.05, 3.63) is 65.4 Å². The molecule has 110 valence electrons. The maximum absolute atomic E-state index is 10.3. The lowest BCUT2D eigenvalue weighted by molar-refractivity contribution is -0.184. The van der Waals surface area contributed by atoms with Crippen molar-refractivity contribution in [3.8, 4) is 11.1 Å². The monoisotopic (exact) mass is 311 g/mol. The fourth-order valence-electron chi connectivity index (χ4n) is 2.81. The van der Waals surface area contributed by atoms with E-state index in [1.165, 1.54) is 0 Å². The Balaban J connectivity index is 1.81.